The SMILES string of the molecule is Cc1cc(CNCC(C)C)ccc1N(C)CCC(C)C. The molecule has 0 spiro atoms. The van der Waals surface area contributed by atoms with Crippen LogP contribution >= 0.6 is 0 Å². The van der Waals surface area contributed by atoms with Crippen LogP contribution in [0.3, 0.4) is 0 Å². The molecule has 0 aliphatic heterocycles. The maximum absolute atomic E-state index is 3.50. The van der Waals surface area contributed by atoms with Crippen molar-refractivity contribution in [3.63, 3.8) is 0 Å². The van der Waals surface area contributed by atoms with Crippen molar-refractivity contribution in [1.29, 1.82) is 0 Å². The van der Waals surface area contributed by atoms with Gasteiger partial charge >= 0.3 is 0 Å². The van der Waals surface area contributed by atoms with E-state index in [-0.39, 0.29) is 0 Å². The van der Waals surface area contributed by atoms with Crippen LogP contribution in [0.4, 0.5) is 5.69 Å². The van der Waals surface area contributed by atoms with Gasteiger partial charge in [-0.15, -0.1) is 0 Å². The van der Waals surface area contributed by atoms with Gasteiger partial charge in [0.15, 0.2) is 0 Å². The van der Waals surface area contributed by atoms with Gasteiger partial charge in [-0.2, -0.15) is 0 Å². The Morgan fingerprint density at radius 3 is 2.35 bits per heavy atom. The zero-order chi connectivity index (χ0) is 15.1. The monoisotopic (exact) mass is 276 g/mol. The van der Waals surface area contributed by atoms with Gasteiger partial charge in [0, 0.05) is 25.8 Å². The summed E-state index contributed by atoms with van der Waals surface area (Å²) in [4.78, 5) is 2.38. The second-order valence-corrected chi connectivity index (χ2v) is 6.75. The Balaban J connectivity index is 2.58. The van der Waals surface area contributed by atoms with Gasteiger partial charge in [-0.25, -0.2) is 0 Å². The third-order valence-corrected chi connectivity index (χ3v) is 3.60. The van der Waals surface area contributed by atoms with Crippen molar-refractivity contribution in [2.75, 3.05) is 25.0 Å². The van der Waals surface area contributed by atoms with Crippen molar-refractivity contribution < 1.29 is 0 Å². The van der Waals surface area contributed by atoms with E-state index in [0.717, 1.165) is 25.6 Å². The van der Waals surface area contributed by atoms with Crippen LogP contribution in [0.1, 0.15) is 45.2 Å². The Bertz CT molecular complexity index is 396. The molecule has 0 aliphatic carbocycles. The number of nitrogens with zero attached hydrogens (tertiary/aromatic N) is 1. The molecule has 1 aromatic carbocycles. The number of hydrogen-bond acceptors (Lipinski definition) is 2. The summed E-state index contributed by atoms with van der Waals surface area (Å²) < 4.78 is 0. The van der Waals surface area contributed by atoms with Crippen molar-refractivity contribution in [2.24, 2.45) is 11.8 Å². The Labute approximate surface area is 125 Å². The van der Waals surface area contributed by atoms with E-state index in [4.69, 9.17) is 0 Å². The molecule has 1 aromatic rings. The molecule has 0 heterocycles. The predicted octanol–water partition coefficient (Wildman–Crippen LogP) is 4.22. The van der Waals surface area contributed by atoms with E-state index in [1.54, 1.807) is 0 Å². The first-order valence-electron chi connectivity index (χ1n) is 7.91. The van der Waals surface area contributed by atoms with Gasteiger partial charge in [-0.3, -0.25) is 0 Å². The highest BCUT2D eigenvalue weighted by Crippen LogP contribution is 2.21. The molecule has 2 nitrogen and oxygen atoms in total. The summed E-state index contributed by atoms with van der Waals surface area (Å²) in [6, 6.07) is 6.83. The summed E-state index contributed by atoms with van der Waals surface area (Å²) in [5.41, 5.74) is 4.11. The summed E-state index contributed by atoms with van der Waals surface area (Å²) in [5, 5.41) is 3.50. The standard InChI is InChI=1S/C18H32N2/c1-14(2)9-10-20(6)18-8-7-17(11-16(18)5)13-19-12-15(3)4/h7-8,11,14-15,19H,9-10,12-13H2,1-6H3. The summed E-state index contributed by atoms with van der Waals surface area (Å²) in [6.45, 7) is 14.4. The third-order valence-electron chi connectivity index (χ3n) is 3.60. The molecule has 0 saturated carbocycles. The smallest absolute Gasteiger partial charge is 0.0393 e. The van der Waals surface area contributed by atoms with Gasteiger partial charge < -0.3 is 10.2 Å². The molecule has 0 amide bonds. The lowest BCUT2D eigenvalue weighted by atomic mass is 10.1. The van der Waals surface area contributed by atoms with Gasteiger partial charge in [-0.1, -0.05) is 39.8 Å². The molecule has 1 N–H and O–H groups in total. The number of rotatable bonds is 8. The van der Waals surface area contributed by atoms with Crippen molar-refractivity contribution in [3.05, 3.63) is 29.3 Å². The lowest BCUT2D eigenvalue weighted by Gasteiger charge is -2.23. The van der Waals surface area contributed by atoms with E-state index in [2.05, 4.69) is 70.1 Å². The molecule has 1 rings (SSSR count). The topological polar surface area (TPSA) is 15.3 Å². The van der Waals surface area contributed by atoms with Gasteiger partial charge in [-0.05, 0) is 48.9 Å². The van der Waals surface area contributed by atoms with Crippen LogP contribution in [0.2, 0.25) is 0 Å². The lowest BCUT2D eigenvalue weighted by Crippen LogP contribution is -2.21. The Morgan fingerprint density at radius 2 is 1.80 bits per heavy atom. The minimum absolute atomic E-state index is 0.706. The summed E-state index contributed by atoms with van der Waals surface area (Å²) in [6.07, 6.45) is 1.24. The fourth-order valence-electron chi connectivity index (χ4n) is 2.33. The molecule has 2 heteroatoms. The average Bonchev–Trinajstić information content (AvgIpc) is 2.35. The maximum Gasteiger partial charge on any atom is 0.0393 e. The normalized spacial score (nSPS) is 11.4. The second-order valence-electron chi connectivity index (χ2n) is 6.75. The van der Waals surface area contributed by atoms with Gasteiger partial charge in [0.05, 0.1) is 0 Å². The zero-order valence-corrected chi connectivity index (χ0v) is 14.2. The molecule has 20 heavy (non-hydrogen) atoms. The van der Waals surface area contributed by atoms with E-state index < -0.39 is 0 Å². The van der Waals surface area contributed by atoms with Crippen LogP contribution in [-0.2, 0) is 6.54 Å². The molecule has 0 atom stereocenters. The molecular weight excluding hydrogens is 244 g/mol. The molecule has 0 saturated heterocycles. The van der Waals surface area contributed by atoms with E-state index >= 15 is 0 Å². The Kier molecular flexibility index (Phi) is 7.08. The molecule has 0 fully saturated rings. The van der Waals surface area contributed by atoms with E-state index in [0.29, 0.717) is 5.92 Å². The second kappa shape index (κ2) is 8.31. The largest absolute Gasteiger partial charge is 0.374 e. The minimum atomic E-state index is 0.706. The third kappa shape index (κ3) is 5.96. The summed E-state index contributed by atoms with van der Waals surface area (Å²) in [5.74, 6) is 1.47. The maximum atomic E-state index is 3.50. The molecule has 0 aliphatic rings. The van der Waals surface area contributed by atoms with Crippen LogP contribution in [0, 0.1) is 18.8 Å². The fourth-order valence-corrected chi connectivity index (χ4v) is 2.33. The number of anilines is 1. The van der Waals surface area contributed by atoms with Crippen LogP contribution in [0.15, 0.2) is 18.2 Å². The average molecular weight is 276 g/mol. The quantitative estimate of drug-likeness (QED) is 0.764. The molecule has 0 radical (unpaired) electrons. The highest BCUT2D eigenvalue weighted by molar-refractivity contribution is 5.53. The van der Waals surface area contributed by atoms with Gasteiger partial charge in [0.25, 0.3) is 0 Å². The highest BCUT2D eigenvalue weighted by Gasteiger charge is 2.06. The molecule has 114 valence electrons. The molecule has 0 aromatic heterocycles. The summed E-state index contributed by atoms with van der Waals surface area (Å²) >= 11 is 0. The number of nitrogens with one attached hydrogen (secondary N) is 1. The fraction of sp³-hybridized carbons (Fsp3) is 0.667. The molecule has 0 unspecified atom stereocenters. The van der Waals surface area contributed by atoms with Gasteiger partial charge in [0.1, 0.15) is 0 Å². The molecule has 0 bridgehead atoms. The minimum Gasteiger partial charge on any atom is -0.374 e. The summed E-state index contributed by atoms with van der Waals surface area (Å²) in [7, 11) is 2.20. The van der Waals surface area contributed by atoms with E-state index in [1.807, 2.05) is 0 Å². The van der Waals surface area contributed by atoms with Gasteiger partial charge in [0.2, 0.25) is 0 Å². The number of aryl methyl sites for hydroxylation is 1. The highest BCUT2D eigenvalue weighted by atomic mass is 15.1. The van der Waals surface area contributed by atoms with E-state index in [9.17, 15) is 0 Å². The number of hydrogen-bond donors (Lipinski definition) is 1. The van der Waals surface area contributed by atoms with Crippen LogP contribution in [0.25, 0.3) is 0 Å². The lowest BCUT2D eigenvalue weighted by molar-refractivity contribution is 0.552. The first-order valence-corrected chi connectivity index (χ1v) is 7.91. The van der Waals surface area contributed by atoms with Crippen molar-refractivity contribution >= 4 is 5.69 Å². The predicted molar refractivity (Wildman–Crippen MR) is 90.4 cm³/mol. The first kappa shape index (κ1) is 17.0. The first-order chi connectivity index (χ1) is 9.40. The van der Waals surface area contributed by atoms with Crippen LogP contribution in [0.5, 0.6) is 0 Å². The van der Waals surface area contributed by atoms with Crippen molar-refractivity contribution in [2.45, 2.75) is 47.6 Å². The van der Waals surface area contributed by atoms with Crippen molar-refractivity contribution in [3.8, 4) is 0 Å². The van der Waals surface area contributed by atoms with Crippen LogP contribution < -0.4 is 10.2 Å². The Morgan fingerprint density at radius 1 is 1.10 bits per heavy atom. The zero-order valence-electron chi connectivity index (χ0n) is 14.2. The van der Waals surface area contributed by atoms with Crippen LogP contribution in [-0.4, -0.2) is 20.1 Å². The Hall–Kier alpha value is -1.02. The van der Waals surface area contributed by atoms with E-state index in [1.165, 1.54) is 23.2 Å². The number of benzene rings is 1. The molecular formula is C18H32N2. The van der Waals surface area contributed by atoms with Crippen molar-refractivity contribution in [1.82, 2.24) is 5.32 Å².